The van der Waals surface area contributed by atoms with E-state index < -0.39 is 0 Å². The molecule has 0 bridgehead atoms. The van der Waals surface area contributed by atoms with Gasteiger partial charge in [-0.25, -0.2) is 0 Å². The van der Waals surface area contributed by atoms with E-state index >= 15 is 0 Å². The van der Waals surface area contributed by atoms with E-state index in [1.54, 1.807) is 0 Å². The SMILES string of the molecule is [CH2-]C([CH2-])(C(C)(C)C)C(C)(C)C.[W+2]. The second-order valence-electron chi connectivity index (χ2n) is 5.58. The van der Waals surface area contributed by atoms with E-state index in [0.717, 1.165) is 0 Å². The molecule has 0 unspecified atom stereocenters. The Balaban J connectivity index is 0. The molecule has 0 atom stereocenters. The molecule has 0 amide bonds. The molecular formula is C11H22W. The minimum atomic E-state index is -0.125. The summed E-state index contributed by atoms with van der Waals surface area (Å²) in [7, 11) is 0. The van der Waals surface area contributed by atoms with Gasteiger partial charge in [0.05, 0.1) is 0 Å². The molecule has 0 aliphatic carbocycles. The second-order valence-corrected chi connectivity index (χ2v) is 5.58. The van der Waals surface area contributed by atoms with Crippen molar-refractivity contribution >= 4 is 0 Å². The number of rotatable bonds is 0. The van der Waals surface area contributed by atoms with Gasteiger partial charge in [-0.15, -0.1) is 0 Å². The van der Waals surface area contributed by atoms with Crippen LogP contribution in [0.4, 0.5) is 0 Å². The van der Waals surface area contributed by atoms with Gasteiger partial charge in [0.15, 0.2) is 0 Å². The summed E-state index contributed by atoms with van der Waals surface area (Å²) in [5, 5.41) is 0. The molecular weight excluding hydrogens is 316 g/mol. The molecule has 0 aliphatic rings. The normalized spacial score (nSPS) is 14.0. The molecule has 0 fully saturated rings. The van der Waals surface area contributed by atoms with Crippen LogP contribution < -0.4 is 0 Å². The minimum absolute atomic E-state index is 0. The molecule has 12 heavy (non-hydrogen) atoms. The summed E-state index contributed by atoms with van der Waals surface area (Å²) in [6.07, 6.45) is 0. The summed E-state index contributed by atoms with van der Waals surface area (Å²) >= 11 is 0. The topological polar surface area (TPSA) is 0 Å². The first kappa shape index (κ1) is 15.2. The predicted octanol–water partition coefficient (Wildman–Crippen LogP) is 3.73. The average Bonchev–Trinajstić information content (AvgIpc) is 1.58. The molecule has 72 valence electrons. The Hall–Kier alpha value is 0.688. The van der Waals surface area contributed by atoms with Crippen LogP contribution in [0.3, 0.4) is 0 Å². The molecule has 0 saturated carbocycles. The van der Waals surface area contributed by atoms with Crippen molar-refractivity contribution in [2.45, 2.75) is 41.5 Å². The second kappa shape index (κ2) is 3.82. The summed E-state index contributed by atoms with van der Waals surface area (Å²) < 4.78 is 0. The van der Waals surface area contributed by atoms with Gasteiger partial charge in [0.25, 0.3) is 0 Å². The monoisotopic (exact) mass is 338 g/mol. The van der Waals surface area contributed by atoms with Crippen molar-refractivity contribution in [2.24, 2.45) is 16.2 Å². The van der Waals surface area contributed by atoms with E-state index in [9.17, 15) is 0 Å². The zero-order chi connectivity index (χ0) is 9.50. The summed E-state index contributed by atoms with van der Waals surface area (Å²) in [6.45, 7) is 21.6. The van der Waals surface area contributed by atoms with E-state index in [2.05, 4.69) is 55.4 Å². The first-order valence-electron chi connectivity index (χ1n) is 4.21. The van der Waals surface area contributed by atoms with Crippen molar-refractivity contribution in [3.63, 3.8) is 0 Å². The Bertz CT molecular complexity index is 116. The fraction of sp³-hybridized carbons (Fsp3) is 0.818. The van der Waals surface area contributed by atoms with Crippen molar-refractivity contribution < 1.29 is 21.1 Å². The van der Waals surface area contributed by atoms with Crippen LogP contribution in [0.1, 0.15) is 41.5 Å². The fourth-order valence-corrected chi connectivity index (χ4v) is 1.12. The van der Waals surface area contributed by atoms with Gasteiger partial charge in [-0.1, -0.05) is 52.4 Å². The maximum Gasteiger partial charge on any atom is 2.00 e. The van der Waals surface area contributed by atoms with Crippen LogP contribution in [-0.2, 0) is 21.1 Å². The van der Waals surface area contributed by atoms with Gasteiger partial charge >= 0.3 is 21.1 Å². The van der Waals surface area contributed by atoms with Crippen LogP contribution in [0.2, 0.25) is 0 Å². The van der Waals surface area contributed by atoms with Crippen LogP contribution in [-0.4, -0.2) is 0 Å². The molecule has 0 aromatic rings. The molecule has 1 heteroatoms. The van der Waals surface area contributed by atoms with Crippen molar-refractivity contribution in [1.29, 1.82) is 0 Å². The summed E-state index contributed by atoms with van der Waals surface area (Å²) in [6, 6.07) is 0. The van der Waals surface area contributed by atoms with E-state index in [-0.39, 0.29) is 37.3 Å². The predicted molar refractivity (Wildman–Crippen MR) is 52.1 cm³/mol. The molecule has 0 spiro atoms. The van der Waals surface area contributed by atoms with Crippen LogP contribution >= 0.6 is 0 Å². The largest absolute Gasteiger partial charge is 2.00 e. The standard InChI is InChI=1S/C11H22.W/c1-9(2,3)11(7,8)10(4,5)6;/h7-8H2,1-6H3;/q-2;+2. The molecule has 0 saturated heterocycles. The van der Waals surface area contributed by atoms with E-state index in [1.807, 2.05) is 0 Å². The van der Waals surface area contributed by atoms with Gasteiger partial charge in [-0.3, -0.25) is 5.41 Å². The Morgan fingerprint density at radius 2 is 0.833 bits per heavy atom. The molecule has 0 N–H and O–H groups in total. The van der Waals surface area contributed by atoms with Crippen molar-refractivity contribution in [3.05, 3.63) is 13.8 Å². The summed E-state index contributed by atoms with van der Waals surface area (Å²) in [4.78, 5) is 0. The first-order valence-corrected chi connectivity index (χ1v) is 4.21. The van der Waals surface area contributed by atoms with Crippen molar-refractivity contribution in [1.82, 2.24) is 0 Å². The molecule has 0 aliphatic heterocycles. The Labute approximate surface area is 92.8 Å². The van der Waals surface area contributed by atoms with Crippen LogP contribution in [0.15, 0.2) is 0 Å². The van der Waals surface area contributed by atoms with E-state index in [1.165, 1.54) is 0 Å². The maximum atomic E-state index is 4.20. The minimum Gasteiger partial charge on any atom is -0.366 e. The maximum absolute atomic E-state index is 4.20. The molecule has 0 radical (unpaired) electrons. The van der Waals surface area contributed by atoms with Gasteiger partial charge in [0, 0.05) is 0 Å². The third kappa shape index (κ3) is 2.87. The molecule has 0 nitrogen and oxygen atoms in total. The Morgan fingerprint density at radius 3 is 0.833 bits per heavy atom. The zero-order valence-corrected chi connectivity index (χ0v) is 12.3. The molecule has 0 aromatic carbocycles. The van der Waals surface area contributed by atoms with E-state index in [0.29, 0.717) is 0 Å². The quantitative estimate of drug-likeness (QED) is 0.591. The van der Waals surface area contributed by atoms with Crippen LogP contribution in [0, 0.1) is 30.1 Å². The van der Waals surface area contributed by atoms with Crippen LogP contribution in [0.5, 0.6) is 0 Å². The van der Waals surface area contributed by atoms with E-state index in [4.69, 9.17) is 0 Å². The van der Waals surface area contributed by atoms with Crippen molar-refractivity contribution in [3.8, 4) is 0 Å². The molecule has 0 rings (SSSR count). The van der Waals surface area contributed by atoms with Gasteiger partial charge in [-0.05, 0) is 0 Å². The van der Waals surface area contributed by atoms with Crippen LogP contribution in [0.25, 0.3) is 0 Å². The third-order valence-corrected chi connectivity index (χ3v) is 2.87. The Morgan fingerprint density at radius 1 is 0.667 bits per heavy atom. The number of hydrogen-bond acceptors (Lipinski definition) is 0. The first-order chi connectivity index (χ1) is 4.50. The average molecular weight is 338 g/mol. The summed E-state index contributed by atoms with van der Waals surface area (Å²) in [5.74, 6) is 0. The number of hydrogen-bond donors (Lipinski definition) is 0. The third-order valence-electron chi connectivity index (χ3n) is 2.87. The molecule has 0 aromatic heterocycles. The van der Waals surface area contributed by atoms with Crippen molar-refractivity contribution in [2.75, 3.05) is 0 Å². The Kier molecular flexibility index (Phi) is 4.83. The van der Waals surface area contributed by atoms with Gasteiger partial charge in [-0.2, -0.15) is 0 Å². The zero-order valence-electron chi connectivity index (χ0n) is 9.32. The van der Waals surface area contributed by atoms with Gasteiger partial charge in [0.2, 0.25) is 0 Å². The molecule has 0 heterocycles. The summed E-state index contributed by atoms with van der Waals surface area (Å²) in [5.41, 5.74) is 0.191. The van der Waals surface area contributed by atoms with Gasteiger partial charge in [0.1, 0.15) is 0 Å². The fourth-order valence-electron chi connectivity index (χ4n) is 1.12. The van der Waals surface area contributed by atoms with Gasteiger partial charge < -0.3 is 13.8 Å². The smallest absolute Gasteiger partial charge is 0.366 e.